The van der Waals surface area contributed by atoms with Crippen LogP contribution in [0.1, 0.15) is 29.6 Å². The first-order chi connectivity index (χ1) is 14.2. The van der Waals surface area contributed by atoms with E-state index in [1.807, 2.05) is 23.1 Å². The molecule has 2 aromatic rings. The SMILES string of the molecule is O=C(CCCC(=O)N1CCN(c2ccccc2)CC1)c1ccc2c(c1)OCCO2. The van der Waals surface area contributed by atoms with Crippen molar-refractivity contribution >= 4 is 17.4 Å². The van der Waals surface area contributed by atoms with E-state index in [0.29, 0.717) is 49.5 Å². The minimum Gasteiger partial charge on any atom is -0.486 e. The molecule has 152 valence electrons. The van der Waals surface area contributed by atoms with Crippen molar-refractivity contribution in [2.75, 3.05) is 44.3 Å². The van der Waals surface area contributed by atoms with Gasteiger partial charge in [0.1, 0.15) is 13.2 Å². The van der Waals surface area contributed by atoms with Crippen LogP contribution >= 0.6 is 0 Å². The molecule has 0 atom stereocenters. The minimum absolute atomic E-state index is 0.0312. The summed E-state index contributed by atoms with van der Waals surface area (Å²) in [6.45, 7) is 4.16. The van der Waals surface area contributed by atoms with E-state index in [1.165, 1.54) is 5.69 Å². The Morgan fingerprint density at radius 2 is 1.55 bits per heavy atom. The summed E-state index contributed by atoms with van der Waals surface area (Å²) >= 11 is 0. The molecule has 0 spiro atoms. The number of nitrogens with zero attached hydrogens (tertiary/aromatic N) is 2. The van der Waals surface area contributed by atoms with Gasteiger partial charge in [0.05, 0.1) is 0 Å². The van der Waals surface area contributed by atoms with Gasteiger partial charge in [-0.25, -0.2) is 0 Å². The lowest BCUT2D eigenvalue weighted by atomic mass is 10.0. The summed E-state index contributed by atoms with van der Waals surface area (Å²) in [7, 11) is 0. The summed E-state index contributed by atoms with van der Waals surface area (Å²) in [4.78, 5) is 29.2. The number of hydrogen-bond acceptors (Lipinski definition) is 5. The first-order valence-corrected chi connectivity index (χ1v) is 10.2. The first kappa shape index (κ1) is 19.3. The van der Waals surface area contributed by atoms with Gasteiger partial charge in [-0.2, -0.15) is 0 Å². The zero-order valence-corrected chi connectivity index (χ0v) is 16.5. The Morgan fingerprint density at radius 3 is 2.31 bits per heavy atom. The molecule has 2 aliphatic heterocycles. The topological polar surface area (TPSA) is 59.1 Å². The van der Waals surface area contributed by atoms with Crippen LogP contribution in [0.2, 0.25) is 0 Å². The van der Waals surface area contributed by atoms with Crippen LogP contribution in [0.3, 0.4) is 0 Å². The molecule has 2 aliphatic rings. The lowest BCUT2D eigenvalue weighted by Crippen LogP contribution is -2.48. The highest BCUT2D eigenvalue weighted by atomic mass is 16.6. The number of para-hydroxylation sites is 1. The van der Waals surface area contributed by atoms with Crippen molar-refractivity contribution in [2.45, 2.75) is 19.3 Å². The maximum absolute atomic E-state index is 12.5. The number of ether oxygens (including phenoxy) is 2. The van der Waals surface area contributed by atoms with Crippen LogP contribution in [0.4, 0.5) is 5.69 Å². The molecule has 29 heavy (non-hydrogen) atoms. The number of fused-ring (bicyclic) bond motifs is 1. The predicted octanol–water partition coefficient (Wildman–Crippen LogP) is 3.16. The largest absolute Gasteiger partial charge is 0.486 e. The molecule has 6 nitrogen and oxygen atoms in total. The highest BCUT2D eigenvalue weighted by molar-refractivity contribution is 5.97. The Kier molecular flexibility index (Phi) is 5.98. The molecule has 1 saturated heterocycles. The monoisotopic (exact) mass is 394 g/mol. The number of anilines is 1. The molecule has 4 rings (SSSR count). The van der Waals surface area contributed by atoms with Crippen LogP contribution in [0.15, 0.2) is 48.5 Å². The second-order valence-corrected chi connectivity index (χ2v) is 7.34. The van der Waals surface area contributed by atoms with E-state index >= 15 is 0 Å². The number of rotatable bonds is 6. The maximum atomic E-state index is 12.5. The Hall–Kier alpha value is -3.02. The number of hydrogen-bond donors (Lipinski definition) is 0. The normalized spacial score (nSPS) is 15.9. The lowest BCUT2D eigenvalue weighted by Gasteiger charge is -2.36. The lowest BCUT2D eigenvalue weighted by molar-refractivity contribution is -0.131. The van der Waals surface area contributed by atoms with Crippen LogP contribution in [0, 0.1) is 0 Å². The fourth-order valence-electron chi connectivity index (χ4n) is 3.77. The van der Waals surface area contributed by atoms with E-state index in [-0.39, 0.29) is 11.7 Å². The average Bonchev–Trinajstić information content (AvgIpc) is 2.79. The summed E-state index contributed by atoms with van der Waals surface area (Å²) in [5, 5.41) is 0. The molecule has 0 saturated carbocycles. The fourth-order valence-corrected chi connectivity index (χ4v) is 3.77. The highest BCUT2D eigenvalue weighted by Gasteiger charge is 2.21. The number of benzene rings is 2. The number of ketones is 1. The number of Topliss-reactive ketones (excluding diaryl/α,β-unsaturated/α-hetero) is 1. The number of carbonyl (C=O) groups is 2. The number of amides is 1. The Bertz CT molecular complexity index is 860. The van der Waals surface area contributed by atoms with Gasteiger partial charge in [-0.1, -0.05) is 18.2 Å². The second kappa shape index (κ2) is 8.99. The third-order valence-corrected chi connectivity index (χ3v) is 5.41. The first-order valence-electron chi connectivity index (χ1n) is 10.2. The van der Waals surface area contributed by atoms with Gasteiger partial charge in [0, 0.05) is 50.3 Å². The average molecular weight is 394 g/mol. The van der Waals surface area contributed by atoms with Crippen molar-refractivity contribution < 1.29 is 19.1 Å². The fraction of sp³-hybridized carbons (Fsp3) is 0.391. The van der Waals surface area contributed by atoms with Gasteiger partial charge in [-0.15, -0.1) is 0 Å². The molecule has 0 aliphatic carbocycles. The van der Waals surface area contributed by atoms with Crippen LogP contribution in [-0.4, -0.2) is 56.0 Å². The smallest absolute Gasteiger partial charge is 0.222 e. The molecule has 2 heterocycles. The van der Waals surface area contributed by atoms with Crippen LogP contribution in [-0.2, 0) is 4.79 Å². The van der Waals surface area contributed by atoms with Gasteiger partial charge in [-0.05, 0) is 36.8 Å². The molecule has 0 aromatic heterocycles. The van der Waals surface area contributed by atoms with Crippen LogP contribution in [0.25, 0.3) is 0 Å². The maximum Gasteiger partial charge on any atom is 0.222 e. The molecule has 1 fully saturated rings. The standard InChI is InChI=1S/C23H26N2O4/c26-20(18-9-10-21-22(17-18)29-16-15-28-21)7-4-8-23(27)25-13-11-24(12-14-25)19-5-2-1-3-6-19/h1-3,5-6,9-10,17H,4,7-8,11-16H2. The summed E-state index contributed by atoms with van der Waals surface area (Å²) in [5.41, 5.74) is 1.81. The second-order valence-electron chi connectivity index (χ2n) is 7.34. The number of carbonyl (C=O) groups excluding carboxylic acids is 2. The van der Waals surface area contributed by atoms with Crippen molar-refractivity contribution in [1.29, 1.82) is 0 Å². The van der Waals surface area contributed by atoms with E-state index in [9.17, 15) is 9.59 Å². The summed E-state index contributed by atoms with van der Waals surface area (Å²) in [6, 6.07) is 15.6. The van der Waals surface area contributed by atoms with Gasteiger partial charge < -0.3 is 19.3 Å². The van der Waals surface area contributed by atoms with Gasteiger partial charge in [0.2, 0.25) is 5.91 Å². The molecular formula is C23H26N2O4. The molecule has 2 aromatic carbocycles. The van der Waals surface area contributed by atoms with Crippen molar-refractivity contribution in [2.24, 2.45) is 0 Å². The molecular weight excluding hydrogens is 368 g/mol. The predicted molar refractivity (Wildman–Crippen MR) is 111 cm³/mol. The van der Waals surface area contributed by atoms with Gasteiger partial charge in [-0.3, -0.25) is 9.59 Å². The molecule has 1 amide bonds. The zero-order chi connectivity index (χ0) is 20.1. The summed E-state index contributed by atoms with van der Waals surface area (Å²) in [5.74, 6) is 1.46. The van der Waals surface area contributed by atoms with Gasteiger partial charge in [0.15, 0.2) is 17.3 Å². The van der Waals surface area contributed by atoms with E-state index in [4.69, 9.17) is 9.47 Å². The number of piperazine rings is 1. The Balaban J connectivity index is 1.22. The third kappa shape index (κ3) is 4.70. The van der Waals surface area contributed by atoms with Crippen molar-refractivity contribution in [3.8, 4) is 11.5 Å². The third-order valence-electron chi connectivity index (χ3n) is 5.41. The van der Waals surface area contributed by atoms with Gasteiger partial charge >= 0.3 is 0 Å². The quantitative estimate of drug-likeness (QED) is 0.705. The minimum atomic E-state index is 0.0312. The summed E-state index contributed by atoms with van der Waals surface area (Å²) < 4.78 is 11.0. The van der Waals surface area contributed by atoms with Crippen molar-refractivity contribution in [1.82, 2.24) is 4.90 Å². The van der Waals surface area contributed by atoms with Crippen LogP contribution < -0.4 is 14.4 Å². The molecule has 0 bridgehead atoms. The van der Waals surface area contributed by atoms with E-state index < -0.39 is 0 Å². The Morgan fingerprint density at radius 1 is 0.828 bits per heavy atom. The van der Waals surface area contributed by atoms with Gasteiger partial charge in [0.25, 0.3) is 0 Å². The van der Waals surface area contributed by atoms with E-state index in [2.05, 4.69) is 17.0 Å². The highest BCUT2D eigenvalue weighted by Crippen LogP contribution is 2.31. The van der Waals surface area contributed by atoms with Crippen molar-refractivity contribution in [3.63, 3.8) is 0 Å². The Labute approximate surface area is 171 Å². The zero-order valence-electron chi connectivity index (χ0n) is 16.5. The molecule has 6 heteroatoms. The van der Waals surface area contributed by atoms with Crippen LogP contribution in [0.5, 0.6) is 11.5 Å². The van der Waals surface area contributed by atoms with Crippen molar-refractivity contribution in [3.05, 3.63) is 54.1 Å². The summed E-state index contributed by atoms with van der Waals surface area (Å²) in [6.07, 6.45) is 1.32. The molecule has 0 unspecified atom stereocenters. The molecule has 0 N–H and O–H groups in total. The molecule has 0 radical (unpaired) electrons. The van der Waals surface area contributed by atoms with E-state index in [0.717, 1.165) is 26.2 Å². The van der Waals surface area contributed by atoms with E-state index in [1.54, 1.807) is 18.2 Å².